The molecule has 7 amide bonds. The second kappa shape index (κ2) is 39.0. The minimum atomic E-state index is -0.558. The van der Waals surface area contributed by atoms with Crippen molar-refractivity contribution in [3.8, 4) is 67.8 Å². The van der Waals surface area contributed by atoms with E-state index in [0.29, 0.717) is 61.7 Å². The third-order valence-corrected chi connectivity index (χ3v) is 25.8. The molecule has 0 bridgehead atoms. The van der Waals surface area contributed by atoms with Crippen LogP contribution in [0.1, 0.15) is 253 Å². The van der Waals surface area contributed by atoms with E-state index < -0.39 is 5.60 Å². The van der Waals surface area contributed by atoms with Gasteiger partial charge in [-0.2, -0.15) is 20.4 Å². The van der Waals surface area contributed by atoms with Crippen molar-refractivity contribution < 1.29 is 43.1 Å². The molecular formula is C116H127N15O9. The number of Topliss-reactive ketones (excluding diaryl/α,β-unsaturated/α-hetero) is 2. The van der Waals surface area contributed by atoms with Crippen LogP contribution in [0.2, 0.25) is 0 Å². The Morgan fingerprint density at radius 3 is 1.02 bits per heavy atom. The standard InChI is InChI=1S/2C32H33N3O2.C26H31N5O2.C26H30N4O3/c1-19-11-16-25(32(5,6)7)17-27(19)34-18-26-28(31(34)37)30(24-14-12-23(13-15-24)22(4)36)35(33-26)29-20(2)9-8-10-21(29)3;1-19-11-16-25(32(5,6)7)17-27(19)34-18-26-28(31(34)37)33-35(29-20(2)9-8-10-21(29)3)30(26)24-14-12-23(13-15-24)22(4)36;1-16-8-7-9-17(2)23(16)31-24(19-10-12-20(13-11-19)27-18(3)32)21-14-30(15-22(21)29-31)25(33)28-26(4,5)6;1-16-8-7-9-17(2)23(16)30-24(19-10-12-20(13-11-19)27-18(3)31)21-14-29(15-22(21)28-30)25(32)33-26(4,5)6/h2*8-17H,18H2,1-7H3;7-13H,14-15H2,1-6H3,(H,27,32)(H,28,33);7-13H,14-15H2,1-6H3,(H,27,31). The van der Waals surface area contributed by atoms with Gasteiger partial charge in [0.1, 0.15) is 5.60 Å². The van der Waals surface area contributed by atoms with Crippen LogP contribution < -0.4 is 25.8 Å². The van der Waals surface area contributed by atoms with E-state index in [9.17, 15) is 38.4 Å². The van der Waals surface area contributed by atoms with Crippen molar-refractivity contribution in [1.82, 2.24) is 54.2 Å². The molecule has 3 N–H and O–H groups in total. The zero-order chi connectivity index (χ0) is 101. The maximum absolute atomic E-state index is 14.1. The Morgan fingerprint density at radius 1 is 0.336 bits per heavy atom. The van der Waals surface area contributed by atoms with Crippen LogP contribution in [0.25, 0.3) is 67.8 Å². The van der Waals surface area contributed by atoms with Crippen molar-refractivity contribution in [2.24, 2.45) is 0 Å². The molecule has 0 saturated carbocycles. The number of amides is 7. The molecule has 0 aliphatic carbocycles. The van der Waals surface area contributed by atoms with Gasteiger partial charge >= 0.3 is 12.1 Å². The smallest absolute Gasteiger partial charge is 0.410 e. The summed E-state index contributed by atoms with van der Waals surface area (Å²) in [5.74, 6) is -0.322. The van der Waals surface area contributed by atoms with Gasteiger partial charge in [0.2, 0.25) is 11.8 Å². The summed E-state index contributed by atoms with van der Waals surface area (Å²) in [6.07, 6.45) is -0.342. The van der Waals surface area contributed by atoms with Crippen molar-refractivity contribution >= 4 is 70.1 Å². The van der Waals surface area contributed by atoms with Gasteiger partial charge in [0, 0.05) is 92.2 Å². The zero-order valence-corrected chi connectivity index (χ0v) is 85.4. The highest BCUT2D eigenvalue weighted by atomic mass is 16.6. The first-order valence-corrected chi connectivity index (χ1v) is 47.6. The lowest BCUT2D eigenvalue weighted by Crippen LogP contribution is -2.46. The van der Waals surface area contributed by atoms with E-state index in [1.807, 2.05) is 205 Å². The quantitative estimate of drug-likeness (QED) is 0.0856. The van der Waals surface area contributed by atoms with Gasteiger partial charge < -0.3 is 35.4 Å². The monoisotopic (exact) mass is 1870 g/mol. The number of ether oxygens (including phenoxy) is 1. The second-order valence-corrected chi connectivity index (χ2v) is 41.4. The molecular weight excluding hydrogens is 1750 g/mol. The molecule has 140 heavy (non-hydrogen) atoms. The maximum atomic E-state index is 14.1. The first-order chi connectivity index (χ1) is 66.0. The summed E-state index contributed by atoms with van der Waals surface area (Å²) in [6, 6.07) is 67.9. The van der Waals surface area contributed by atoms with E-state index in [1.54, 1.807) is 23.6 Å². The first-order valence-electron chi connectivity index (χ1n) is 47.6. The molecule has 720 valence electrons. The Bertz CT molecular complexity index is 6870. The van der Waals surface area contributed by atoms with Crippen LogP contribution >= 0.6 is 0 Å². The number of anilines is 4. The maximum Gasteiger partial charge on any atom is 0.410 e. The molecule has 24 heteroatoms. The number of benzene rings is 10. The van der Waals surface area contributed by atoms with Crippen molar-refractivity contribution in [2.75, 3.05) is 20.4 Å². The Balaban J connectivity index is 0.000000141. The molecule has 8 heterocycles. The normalized spacial score (nSPS) is 13.2. The van der Waals surface area contributed by atoms with E-state index in [-0.39, 0.29) is 63.7 Å². The fourth-order valence-electron chi connectivity index (χ4n) is 18.8. The predicted molar refractivity (Wildman–Crippen MR) is 556 cm³/mol. The van der Waals surface area contributed by atoms with Crippen LogP contribution in [-0.4, -0.2) is 107 Å². The van der Waals surface area contributed by atoms with Crippen molar-refractivity contribution in [3.05, 3.63) is 329 Å². The van der Waals surface area contributed by atoms with Gasteiger partial charge in [-0.25, -0.2) is 28.3 Å². The molecule has 0 unspecified atom stereocenters. The van der Waals surface area contributed by atoms with E-state index in [1.165, 1.54) is 25.0 Å². The number of rotatable bonds is 14. The number of hydrogen-bond acceptors (Lipinski definition) is 13. The highest BCUT2D eigenvalue weighted by Crippen LogP contribution is 2.46. The molecule has 4 aliphatic rings. The van der Waals surface area contributed by atoms with Crippen LogP contribution in [-0.2, 0) is 64.4 Å². The molecule has 4 aromatic heterocycles. The molecule has 0 fully saturated rings. The number of ketones is 2. The van der Waals surface area contributed by atoms with Crippen LogP contribution in [0.15, 0.2) is 206 Å². The molecule has 0 radical (unpaired) electrons. The van der Waals surface area contributed by atoms with Crippen LogP contribution in [0, 0.1) is 69.2 Å². The molecule has 4 aliphatic heterocycles. The predicted octanol–water partition coefficient (Wildman–Crippen LogP) is 24.6. The number of nitrogens with one attached hydrogen (secondary N) is 3. The van der Waals surface area contributed by atoms with E-state index in [4.69, 9.17) is 25.1 Å². The zero-order valence-electron chi connectivity index (χ0n) is 85.4. The molecule has 18 rings (SSSR count). The number of carbonyl (C=O) groups is 8. The van der Waals surface area contributed by atoms with Crippen molar-refractivity contribution in [3.63, 3.8) is 0 Å². The summed E-state index contributed by atoms with van der Waals surface area (Å²) < 4.78 is 13.4. The number of fused-ring (bicyclic) bond motifs is 4. The Morgan fingerprint density at radius 2 is 0.664 bits per heavy atom. The Hall–Kier alpha value is -15.2. The molecule has 0 spiro atoms. The summed E-state index contributed by atoms with van der Waals surface area (Å²) >= 11 is 0. The SMILES string of the molecule is CC(=O)Nc1ccc(-c2c3c(nn2-c2c(C)cccc2C)CN(C(=O)NC(C)(C)C)C3)cc1.CC(=O)Nc1ccc(-c2c3c(nn2-c2c(C)cccc2C)CN(C(=O)OC(C)(C)C)C3)cc1.CC(=O)c1ccc(-c2c3c(nn2-c2c(C)cccc2C)C(=O)N(c2cc(C(C)(C)C)ccc2C)C3)cc1.CC(=O)c1ccc(-c2c3c(nn2-c2c(C)cccc2C)CN(c2cc(C(C)(C)C)ccc2C)C3=O)cc1. The van der Waals surface area contributed by atoms with Gasteiger partial charge in [-0.05, 0) is 239 Å². The Labute approximate surface area is 821 Å². The third kappa shape index (κ3) is 20.7. The fourth-order valence-corrected chi connectivity index (χ4v) is 18.8. The lowest BCUT2D eigenvalue weighted by molar-refractivity contribution is -0.115. The van der Waals surface area contributed by atoms with Crippen LogP contribution in [0.3, 0.4) is 0 Å². The number of hydrogen-bond donors (Lipinski definition) is 3. The van der Waals surface area contributed by atoms with Gasteiger partial charge in [-0.15, -0.1) is 0 Å². The number of nitrogens with zero attached hydrogens (tertiary/aromatic N) is 12. The van der Waals surface area contributed by atoms with Gasteiger partial charge in [-0.3, -0.25) is 33.7 Å². The number of urea groups is 1. The minimum absolute atomic E-state index is 0.0106. The Kier molecular flexibility index (Phi) is 27.7. The van der Waals surface area contributed by atoms with Crippen LogP contribution in [0.4, 0.5) is 32.3 Å². The molecule has 0 atom stereocenters. The average Bonchev–Trinajstić information content (AvgIpc) is 1.66. The van der Waals surface area contributed by atoms with Gasteiger partial charge in [0.25, 0.3) is 11.8 Å². The van der Waals surface area contributed by atoms with E-state index >= 15 is 0 Å². The van der Waals surface area contributed by atoms with Gasteiger partial charge in [-0.1, -0.05) is 211 Å². The summed E-state index contributed by atoms with van der Waals surface area (Å²) in [5, 5.41) is 28.6. The lowest BCUT2D eigenvalue weighted by atomic mass is 9.86. The fraction of sp³-hybridized carbons (Fsp3) is 0.310. The second-order valence-electron chi connectivity index (χ2n) is 41.4. The van der Waals surface area contributed by atoms with E-state index in [0.717, 1.165) is 180 Å². The van der Waals surface area contributed by atoms with Crippen LogP contribution in [0.5, 0.6) is 0 Å². The molecule has 24 nitrogen and oxygen atoms in total. The lowest BCUT2D eigenvalue weighted by Gasteiger charge is -2.25. The third-order valence-electron chi connectivity index (χ3n) is 25.8. The summed E-state index contributed by atoms with van der Waals surface area (Å²) in [6.45, 7) is 54.0. The van der Waals surface area contributed by atoms with Crippen molar-refractivity contribution in [1.29, 1.82) is 0 Å². The average molecular weight is 1880 g/mol. The number of carbonyl (C=O) groups excluding carboxylic acids is 8. The highest BCUT2D eigenvalue weighted by molar-refractivity contribution is 6.14. The highest BCUT2D eigenvalue weighted by Gasteiger charge is 2.42. The number of aromatic nitrogens is 8. The molecule has 0 saturated heterocycles. The van der Waals surface area contributed by atoms with Gasteiger partial charge in [0.15, 0.2) is 17.3 Å². The number of aryl methyl sites for hydroxylation is 10. The summed E-state index contributed by atoms with van der Waals surface area (Å²) in [5.41, 5.74) is 35.0. The minimum Gasteiger partial charge on any atom is -0.444 e. The van der Waals surface area contributed by atoms with Crippen molar-refractivity contribution in [2.45, 2.75) is 241 Å². The number of para-hydroxylation sites is 4. The first kappa shape index (κ1) is 99.3. The largest absolute Gasteiger partial charge is 0.444 e. The molecule has 10 aromatic carbocycles. The topological polar surface area (TPSA) is 266 Å². The summed E-state index contributed by atoms with van der Waals surface area (Å²) in [4.78, 5) is 107. The summed E-state index contributed by atoms with van der Waals surface area (Å²) in [7, 11) is 0. The van der Waals surface area contributed by atoms with E-state index in [2.05, 4.69) is 198 Å². The van der Waals surface area contributed by atoms with Gasteiger partial charge in [0.05, 0.1) is 107 Å². The molecule has 14 aromatic rings.